The van der Waals surface area contributed by atoms with Crippen LogP contribution in [0.3, 0.4) is 0 Å². The second kappa shape index (κ2) is 8.20. The molecular formula is C26H22F3N3O2. The van der Waals surface area contributed by atoms with Crippen LogP contribution in [0.1, 0.15) is 52.7 Å². The highest BCUT2D eigenvalue weighted by atomic mass is 19.4. The van der Waals surface area contributed by atoms with Gasteiger partial charge in [0.15, 0.2) is 5.69 Å². The van der Waals surface area contributed by atoms with Crippen LogP contribution in [-0.2, 0) is 19.0 Å². The summed E-state index contributed by atoms with van der Waals surface area (Å²) in [5.41, 5.74) is 2.91. The van der Waals surface area contributed by atoms with Gasteiger partial charge in [0.25, 0.3) is 5.91 Å². The molecular weight excluding hydrogens is 443 g/mol. The van der Waals surface area contributed by atoms with Gasteiger partial charge in [-0.1, -0.05) is 26.0 Å². The Morgan fingerprint density at radius 1 is 1.03 bits per heavy atom. The van der Waals surface area contributed by atoms with Gasteiger partial charge in [0, 0.05) is 28.8 Å². The topological polar surface area (TPSA) is 60.1 Å². The molecule has 1 amide bonds. The molecule has 34 heavy (non-hydrogen) atoms. The van der Waals surface area contributed by atoms with Gasteiger partial charge in [-0.05, 0) is 60.4 Å². The Labute approximate surface area is 194 Å². The molecule has 0 saturated carbocycles. The van der Waals surface area contributed by atoms with Gasteiger partial charge in [0.2, 0.25) is 0 Å². The number of rotatable bonds is 4. The molecule has 0 radical (unpaired) electrons. The molecule has 0 saturated heterocycles. The van der Waals surface area contributed by atoms with E-state index < -0.39 is 11.9 Å². The Kier molecular flexibility index (Phi) is 5.31. The minimum atomic E-state index is -4.57. The fourth-order valence-corrected chi connectivity index (χ4v) is 4.27. The molecule has 0 atom stereocenters. The lowest BCUT2D eigenvalue weighted by molar-refractivity contribution is -0.142. The van der Waals surface area contributed by atoms with Crippen LogP contribution in [0.15, 0.2) is 65.3 Å². The number of nitrogens with zero attached hydrogens (tertiary/aromatic N) is 2. The van der Waals surface area contributed by atoms with Gasteiger partial charge in [0.05, 0.1) is 17.6 Å². The first kappa shape index (κ1) is 22.0. The summed E-state index contributed by atoms with van der Waals surface area (Å²) in [4.78, 5) is 12.7. The summed E-state index contributed by atoms with van der Waals surface area (Å²) in [7, 11) is 0. The molecule has 0 spiro atoms. The van der Waals surface area contributed by atoms with E-state index in [1.165, 1.54) is 16.5 Å². The summed E-state index contributed by atoms with van der Waals surface area (Å²) in [6, 6.07) is 15.6. The number of halogens is 3. The highest BCUT2D eigenvalue weighted by molar-refractivity contribution is 6.04. The molecule has 0 fully saturated rings. The van der Waals surface area contributed by atoms with E-state index in [4.69, 9.17) is 4.42 Å². The molecule has 2 aromatic heterocycles. The molecule has 4 aromatic rings. The third kappa shape index (κ3) is 3.89. The molecule has 2 aromatic carbocycles. The zero-order chi connectivity index (χ0) is 24.0. The number of nitrogens with one attached hydrogen (secondary N) is 1. The number of furan rings is 1. The first-order valence-corrected chi connectivity index (χ1v) is 11.0. The lowest BCUT2D eigenvalue weighted by Gasteiger charge is -2.15. The number of anilines is 1. The van der Waals surface area contributed by atoms with Crippen molar-refractivity contribution in [3.63, 3.8) is 0 Å². The molecule has 1 aliphatic carbocycles. The number of aryl methyl sites for hydroxylation is 1. The van der Waals surface area contributed by atoms with E-state index in [0.29, 0.717) is 46.3 Å². The molecule has 0 unspecified atom stereocenters. The Morgan fingerprint density at radius 2 is 1.74 bits per heavy atom. The fraction of sp³-hybridized carbons (Fsp3) is 0.231. The molecule has 174 valence electrons. The number of hydrogen-bond acceptors (Lipinski definition) is 3. The van der Waals surface area contributed by atoms with E-state index in [1.807, 2.05) is 24.3 Å². The van der Waals surface area contributed by atoms with E-state index in [1.54, 1.807) is 30.3 Å². The lowest BCUT2D eigenvalue weighted by Crippen LogP contribution is -2.12. The normalized spacial score (nSPS) is 13.0. The van der Waals surface area contributed by atoms with Crippen LogP contribution < -0.4 is 5.32 Å². The molecule has 8 heteroatoms. The van der Waals surface area contributed by atoms with Crippen molar-refractivity contribution in [2.24, 2.45) is 0 Å². The minimum Gasteiger partial charge on any atom is -0.469 e. The Bertz CT molecular complexity index is 1350. The number of carbonyl (C=O) groups is 1. The zero-order valence-electron chi connectivity index (χ0n) is 18.6. The lowest BCUT2D eigenvalue weighted by atomic mass is 9.94. The number of alkyl halides is 3. The van der Waals surface area contributed by atoms with Crippen molar-refractivity contribution in [1.82, 2.24) is 9.78 Å². The largest absolute Gasteiger partial charge is 0.469 e. The SMILES string of the molecule is CC(C)c1ccc(NC(=O)c2ccc(-n3nc(C(F)(F)F)c4c3-c3ccoc3CC4)cc2)cc1. The van der Waals surface area contributed by atoms with E-state index in [2.05, 4.69) is 24.3 Å². The molecule has 5 rings (SSSR count). The van der Waals surface area contributed by atoms with Gasteiger partial charge in [-0.2, -0.15) is 18.3 Å². The molecule has 0 aliphatic heterocycles. The maximum atomic E-state index is 13.7. The second-order valence-corrected chi connectivity index (χ2v) is 8.62. The number of fused-ring (bicyclic) bond motifs is 3. The van der Waals surface area contributed by atoms with Crippen LogP contribution in [0.4, 0.5) is 18.9 Å². The quantitative estimate of drug-likeness (QED) is 0.368. The van der Waals surface area contributed by atoms with Crippen molar-refractivity contribution in [2.75, 3.05) is 5.32 Å². The zero-order valence-corrected chi connectivity index (χ0v) is 18.6. The number of benzene rings is 2. The van der Waals surface area contributed by atoms with Crippen LogP contribution >= 0.6 is 0 Å². The Hall–Kier alpha value is -3.81. The van der Waals surface area contributed by atoms with Crippen molar-refractivity contribution in [1.29, 1.82) is 0 Å². The van der Waals surface area contributed by atoms with Gasteiger partial charge in [-0.15, -0.1) is 0 Å². The summed E-state index contributed by atoms with van der Waals surface area (Å²) in [5.74, 6) is 0.725. The van der Waals surface area contributed by atoms with Crippen molar-refractivity contribution in [3.8, 4) is 16.9 Å². The molecule has 0 bridgehead atoms. The van der Waals surface area contributed by atoms with E-state index in [-0.39, 0.29) is 17.9 Å². The molecule has 2 heterocycles. The smallest absolute Gasteiger partial charge is 0.435 e. The van der Waals surface area contributed by atoms with Crippen molar-refractivity contribution < 1.29 is 22.4 Å². The van der Waals surface area contributed by atoms with Crippen LogP contribution in [0.25, 0.3) is 16.9 Å². The highest BCUT2D eigenvalue weighted by Crippen LogP contribution is 2.42. The van der Waals surface area contributed by atoms with Gasteiger partial charge in [-0.3, -0.25) is 4.79 Å². The van der Waals surface area contributed by atoms with Crippen molar-refractivity contribution >= 4 is 11.6 Å². The maximum absolute atomic E-state index is 13.7. The second-order valence-electron chi connectivity index (χ2n) is 8.62. The third-order valence-corrected chi connectivity index (χ3v) is 6.06. The maximum Gasteiger partial charge on any atom is 0.435 e. The third-order valence-electron chi connectivity index (χ3n) is 6.06. The summed E-state index contributed by atoms with van der Waals surface area (Å²) in [6.45, 7) is 4.19. The monoisotopic (exact) mass is 465 g/mol. The predicted octanol–water partition coefficient (Wildman–Crippen LogP) is 6.63. The summed E-state index contributed by atoms with van der Waals surface area (Å²) >= 11 is 0. The number of amides is 1. The number of hydrogen-bond donors (Lipinski definition) is 1. The van der Waals surface area contributed by atoms with Crippen molar-refractivity contribution in [3.05, 3.63) is 89.0 Å². The summed E-state index contributed by atoms with van der Waals surface area (Å²) < 4.78 is 47.8. The predicted molar refractivity (Wildman–Crippen MR) is 122 cm³/mol. The molecule has 1 aliphatic rings. The highest BCUT2D eigenvalue weighted by Gasteiger charge is 2.41. The van der Waals surface area contributed by atoms with Gasteiger partial charge >= 0.3 is 6.18 Å². The Morgan fingerprint density at radius 3 is 2.38 bits per heavy atom. The molecule has 5 nitrogen and oxygen atoms in total. The van der Waals surface area contributed by atoms with Gasteiger partial charge in [0.1, 0.15) is 5.76 Å². The fourth-order valence-electron chi connectivity index (χ4n) is 4.27. The van der Waals surface area contributed by atoms with Crippen LogP contribution in [0.2, 0.25) is 0 Å². The van der Waals surface area contributed by atoms with Crippen molar-refractivity contribution in [2.45, 2.75) is 38.8 Å². The summed E-state index contributed by atoms with van der Waals surface area (Å²) in [6.07, 6.45) is -2.50. The minimum absolute atomic E-state index is 0.160. The van der Waals surface area contributed by atoms with Crippen LogP contribution in [0, 0.1) is 0 Å². The first-order valence-electron chi connectivity index (χ1n) is 11.0. The first-order chi connectivity index (χ1) is 16.2. The number of aromatic nitrogens is 2. The van der Waals surface area contributed by atoms with E-state index in [0.717, 1.165) is 0 Å². The average molecular weight is 465 g/mol. The van der Waals surface area contributed by atoms with Crippen LogP contribution in [0.5, 0.6) is 0 Å². The Balaban J connectivity index is 1.45. The summed E-state index contributed by atoms with van der Waals surface area (Å²) in [5, 5.41) is 6.77. The van der Waals surface area contributed by atoms with Crippen LogP contribution in [-0.4, -0.2) is 15.7 Å². The number of carbonyl (C=O) groups excluding carboxylic acids is 1. The standard InChI is InChI=1S/C26H22F3N3O2/c1-15(2)16-3-7-18(8-4-16)30-25(33)17-5-9-19(10-6-17)32-23-20-13-14-34-22(20)12-11-21(23)24(31-32)26(27,28)29/h3-10,13-15H,11-12H2,1-2H3,(H,30,33). The van der Waals surface area contributed by atoms with Gasteiger partial charge < -0.3 is 9.73 Å². The average Bonchev–Trinajstić information content (AvgIpc) is 3.44. The van der Waals surface area contributed by atoms with E-state index >= 15 is 0 Å². The van der Waals surface area contributed by atoms with Gasteiger partial charge in [-0.25, -0.2) is 4.68 Å². The van der Waals surface area contributed by atoms with E-state index in [9.17, 15) is 18.0 Å². The molecule has 1 N–H and O–H groups in total.